The number of fused-ring (bicyclic) bond motifs is 1. The molecular weight excluding hydrogens is 412 g/mol. The van der Waals surface area contributed by atoms with Crippen LogP contribution in [0.4, 0.5) is 0 Å². The lowest BCUT2D eigenvalue weighted by atomic mass is 9.96. The monoisotopic (exact) mass is 434 g/mol. The van der Waals surface area contributed by atoms with Gasteiger partial charge < -0.3 is 9.47 Å². The van der Waals surface area contributed by atoms with Gasteiger partial charge in [-0.1, -0.05) is 53.8 Å². The number of benzene rings is 2. The van der Waals surface area contributed by atoms with Crippen LogP contribution in [0.3, 0.4) is 0 Å². The molecule has 2 aromatic carbocycles. The molecule has 0 amide bonds. The number of carbonyl (C=O) groups is 1. The zero-order valence-corrected chi connectivity index (χ0v) is 18.3. The number of rotatable bonds is 5. The summed E-state index contributed by atoms with van der Waals surface area (Å²) in [6, 6.07) is 16.4. The van der Waals surface area contributed by atoms with Gasteiger partial charge in [-0.25, -0.2) is 9.79 Å². The summed E-state index contributed by atoms with van der Waals surface area (Å²) < 4.78 is 12.7. The van der Waals surface area contributed by atoms with Gasteiger partial charge in [-0.05, 0) is 43.2 Å². The average Bonchev–Trinajstić information content (AvgIpc) is 3.08. The van der Waals surface area contributed by atoms with Gasteiger partial charge in [0.25, 0.3) is 5.56 Å². The second kappa shape index (κ2) is 8.73. The quantitative estimate of drug-likeness (QED) is 0.579. The van der Waals surface area contributed by atoms with Crippen LogP contribution in [0.5, 0.6) is 5.75 Å². The number of methoxy groups -OCH3 is 1. The highest BCUT2D eigenvalue weighted by Gasteiger charge is 2.33. The Bertz CT molecular complexity index is 1320. The van der Waals surface area contributed by atoms with Crippen LogP contribution >= 0.6 is 11.3 Å². The van der Waals surface area contributed by atoms with Crippen LogP contribution < -0.4 is 19.6 Å². The molecule has 1 aliphatic rings. The Morgan fingerprint density at radius 2 is 1.87 bits per heavy atom. The number of hydrogen-bond donors (Lipinski definition) is 0. The molecule has 2 heterocycles. The molecule has 1 aliphatic heterocycles. The van der Waals surface area contributed by atoms with Crippen molar-refractivity contribution in [2.75, 3.05) is 13.7 Å². The number of thiazole rings is 1. The van der Waals surface area contributed by atoms with Crippen molar-refractivity contribution in [1.82, 2.24) is 4.57 Å². The lowest BCUT2D eigenvalue weighted by molar-refractivity contribution is -0.139. The summed E-state index contributed by atoms with van der Waals surface area (Å²) >= 11 is 1.31. The molecule has 0 saturated carbocycles. The number of esters is 1. The van der Waals surface area contributed by atoms with Gasteiger partial charge in [0, 0.05) is 0 Å². The molecule has 1 unspecified atom stereocenters. The van der Waals surface area contributed by atoms with Crippen molar-refractivity contribution in [3.8, 4) is 5.75 Å². The van der Waals surface area contributed by atoms with E-state index >= 15 is 0 Å². The number of nitrogens with zero attached hydrogens (tertiary/aromatic N) is 2. The highest BCUT2D eigenvalue weighted by atomic mass is 32.1. The second-order valence-electron chi connectivity index (χ2n) is 6.99. The van der Waals surface area contributed by atoms with Crippen molar-refractivity contribution in [3.63, 3.8) is 0 Å². The summed E-state index contributed by atoms with van der Waals surface area (Å²) in [5.41, 5.74) is 2.43. The maximum absolute atomic E-state index is 13.4. The smallest absolute Gasteiger partial charge is 0.338 e. The standard InChI is InChI=1S/C24H22N2O4S/c1-4-30-23(28)20-15(2)25-24-26(21(20)17-10-12-18(29-3)13-11-17)22(27)19(31-24)14-16-8-6-5-7-9-16/h5-14,21H,4H2,1-3H3/b19-14-. The van der Waals surface area contributed by atoms with E-state index in [2.05, 4.69) is 4.99 Å². The molecular formula is C24H22N2O4S. The van der Waals surface area contributed by atoms with E-state index in [-0.39, 0.29) is 12.2 Å². The Balaban J connectivity index is 1.95. The zero-order chi connectivity index (χ0) is 22.0. The molecule has 0 radical (unpaired) electrons. The van der Waals surface area contributed by atoms with Crippen LogP contribution in [0.2, 0.25) is 0 Å². The number of ether oxygens (including phenoxy) is 2. The SMILES string of the molecule is CCOC(=O)C1=C(C)N=c2s/c(=C\c3ccccc3)c(=O)n2C1c1ccc(OC)cc1. The third-order valence-corrected chi connectivity index (χ3v) is 6.03. The van der Waals surface area contributed by atoms with Crippen LogP contribution in [0, 0.1) is 0 Å². The Hall–Kier alpha value is -3.45. The van der Waals surface area contributed by atoms with Gasteiger partial charge in [0.1, 0.15) is 5.75 Å². The number of hydrogen-bond acceptors (Lipinski definition) is 6. The van der Waals surface area contributed by atoms with Gasteiger partial charge in [0.15, 0.2) is 4.80 Å². The van der Waals surface area contributed by atoms with Crippen molar-refractivity contribution in [2.24, 2.45) is 4.99 Å². The fraction of sp³-hybridized carbons (Fsp3) is 0.208. The van der Waals surface area contributed by atoms with Crippen molar-refractivity contribution in [1.29, 1.82) is 0 Å². The molecule has 1 aromatic heterocycles. The van der Waals surface area contributed by atoms with E-state index in [4.69, 9.17) is 9.47 Å². The van der Waals surface area contributed by atoms with Gasteiger partial charge in [-0.15, -0.1) is 0 Å². The van der Waals surface area contributed by atoms with E-state index in [0.717, 1.165) is 11.1 Å². The number of allylic oxidation sites excluding steroid dienone is 1. The van der Waals surface area contributed by atoms with Crippen molar-refractivity contribution in [3.05, 3.63) is 96.7 Å². The van der Waals surface area contributed by atoms with E-state index < -0.39 is 12.0 Å². The highest BCUT2D eigenvalue weighted by Crippen LogP contribution is 2.31. The van der Waals surface area contributed by atoms with Gasteiger partial charge in [-0.3, -0.25) is 9.36 Å². The Morgan fingerprint density at radius 1 is 1.16 bits per heavy atom. The molecule has 0 aliphatic carbocycles. The maximum Gasteiger partial charge on any atom is 0.338 e. The van der Waals surface area contributed by atoms with Crippen LogP contribution in [0.1, 0.15) is 31.0 Å². The fourth-order valence-corrected chi connectivity index (χ4v) is 4.64. The fourth-order valence-electron chi connectivity index (χ4n) is 3.59. The predicted octanol–water partition coefficient (Wildman–Crippen LogP) is 2.81. The minimum absolute atomic E-state index is 0.192. The largest absolute Gasteiger partial charge is 0.497 e. The van der Waals surface area contributed by atoms with Crippen LogP contribution in [-0.4, -0.2) is 24.3 Å². The minimum atomic E-state index is -0.626. The van der Waals surface area contributed by atoms with E-state index in [1.54, 1.807) is 25.5 Å². The summed E-state index contributed by atoms with van der Waals surface area (Å²) in [6.45, 7) is 3.77. The molecule has 0 spiro atoms. The van der Waals surface area contributed by atoms with Crippen LogP contribution in [-0.2, 0) is 9.53 Å². The Morgan fingerprint density at radius 3 is 2.52 bits per heavy atom. The van der Waals surface area contributed by atoms with E-state index in [9.17, 15) is 9.59 Å². The first-order chi connectivity index (χ1) is 15.0. The molecule has 0 fully saturated rings. The topological polar surface area (TPSA) is 69.9 Å². The van der Waals surface area contributed by atoms with E-state index in [0.29, 0.717) is 26.4 Å². The van der Waals surface area contributed by atoms with Gasteiger partial charge in [-0.2, -0.15) is 0 Å². The maximum atomic E-state index is 13.4. The first-order valence-corrected chi connectivity index (χ1v) is 10.7. The molecule has 7 heteroatoms. The molecule has 3 aromatic rings. The van der Waals surface area contributed by atoms with Gasteiger partial charge in [0.2, 0.25) is 0 Å². The molecule has 158 valence electrons. The van der Waals surface area contributed by atoms with E-state index in [1.165, 1.54) is 11.3 Å². The summed E-state index contributed by atoms with van der Waals surface area (Å²) in [6.07, 6.45) is 1.85. The van der Waals surface area contributed by atoms with Crippen LogP contribution in [0.15, 0.2) is 75.7 Å². The Kier molecular flexibility index (Phi) is 5.86. The summed E-state index contributed by atoms with van der Waals surface area (Å²) in [4.78, 5) is 31.4. The molecule has 31 heavy (non-hydrogen) atoms. The molecule has 0 N–H and O–H groups in total. The lowest BCUT2D eigenvalue weighted by Gasteiger charge is -2.24. The normalized spacial score (nSPS) is 16.0. The number of aromatic nitrogens is 1. The van der Waals surface area contributed by atoms with E-state index in [1.807, 2.05) is 60.7 Å². The first kappa shape index (κ1) is 20.8. The molecule has 4 rings (SSSR count). The van der Waals surface area contributed by atoms with Crippen molar-refractivity contribution >= 4 is 23.4 Å². The molecule has 6 nitrogen and oxygen atoms in total. The molecule has 0 bridgehead atoms. The van der Waals surface area contributed by atoms with Gasteiger partial charge in [0.05, 0.1) is 35.6 Å². The second-order valence-corrected chi connectivity index (χ2v) is 8.00. The highest BCUT2D eigenvalue weighted by molar-refractivity contribution is 7.07. The third kappa shape index (κ3) is 3.96. The summed E-state index contributed by atoms with van der Waals surface area (Å²) in [7, 11) is 1.59. The van der Waals surface area contributed by atoms with Gasteiger partial charge >= 0.3 is 5.97 Å². The predicted molar refractivity (Wildman–Crippen MR) is 120 cm³/mol. The van der Waals surface area contributed by atoms with Crippen LogP contribution in [0.25, 0.3) is 6.08 Å². The first-order valence-electron chi connectivity index (χ1n) is 9.92. The third-order valence-electron chi connectivity index (χ3n) is 5.05. The zero-order valence-electron chi connectivity index (χ0n) is 17.5. The number of carbonyl (C=O) groups excluding carboxylic acids is 1. The van der Waals surface area contributed by atoms with Crippen molar-refractivity contribution in [2.45, 2.75) is 19.9 Å². The Labute approximate surface area is 183 Å². The lowest BCUT2D eigenvalue weighted by Crippen LogP contribution is -2.39. The minimum Gasteiger partial charge on any atom is -0.497 e. The molecule has 0 saturated heterocycles. The summed E-state index contributed by atoms with van der Waals surface area (Å²) in [5.74, 6) is 0.223. The summed E-state index contributed by atoms with van der Waals surface area (Å²) in [5, 5.41) is 0. The van der Waals surface area contributed by atoms with Crippen molar-refractivity contribution < 1.29 is 14.3 Å². The molecule has 1 atom stereocenters. The average molecular weight is 435 g/mol.